The quantitative estimate of drug-likeness (QED) is 0.381. The molecule has 0 aromatic heterocycles. The Morgan fingerprint density at radius 2 is 1.24 bits per heavy atom. The van der Waals surface area contributed by atoms with Crippen LogP contribution in [-0.2, 0) is 32.1 Å². The fourth-order valence-corrected chi connectivity index (χ4v) is 15.4. The van der Waals surface area contributed by atoms with Crippen molar-refractivity contribution in [1.82, 2.24) is 0 Å². The first kappa shape index (κ1) is 34.9. The van der Waals surface area contributed by atoms with Crippen LogP contribution in [0.3, 0.4) is 0 Å². The van der Waals surface area contributed by atoms with Crippen LogP contribution in [0.15, 0.2) is 81.2 Å². The van der Waals surface area contributed by atoms with E-state index < -0.39 is 21.3 Å². The SMILES string of the molecule is CC1=[C](/[Zr+2](=[CH]/c2ccc(F)cc2)[CH]2c3ccc(C(C)(C)C)cc3-c3cc(C(C)(C)C)ccc32)C(C)C=C1C(C)C.[Cl-].[Cl-]. The largest absolute Gasteiger partial charge is 1.00 e. The van der Waals surface area contributed by atoms with Crippen molar-refractivity contribution in [2.24, 2.45) is 11.8 Å². The number of hydrogen-bond donors (Lipinski definition) is 0. The van der Waals surface area contributed by atoms with Crippen LogP contribution in [0.4, 0.5) is 4.39 Å². The molecule has 0 spiro atoms. The molecule has 4 heteroatoms. The summed E-state index contributed by atoms with van der Waals surface area (Å²) < 4.78 is 18.6. The Hall–Kier alpha value is -1.60. The number of rotatable bonds is 4. The van der Waals surface area contributed by atoms with Crippen LogP contribution in [0.5, 0.6) is 0 Å². The standard InChI is InChI=1S/C21H25.C10H15.C7H5F.2ClH.Zr/c1-20(2,3)16-9-7-14-11-15-8-10-17(21(4,5)6)13-19(15)18(14)12-16;1-7(2)10-6-8(3)5-9(10)4;1-6-2-4-7(8)5-3-6;;;/h7-13H,1-6H3;6-8H,1-4H3;1-5H;2*1H;/q;;;;;+2/p-2. The van der Waals surface area contributed by atoms with E-state index >= 15 is 0 Å². The molecule has 0 saturated heterocycles. The van der Waals surface area contributed by atoms with E-state index in [1.165, 1.54) is 44.5 Å². The molecule has 0 fully saturated rings. The van der Waals surface area contributed by atoms with Gasteiger partial charge in [-0.15, -0.1) is 0 Å². The molecule has 5 rings (SSSR count). The summed E-state index contributed by atoms with van der Waals surface area (Å²) >= 11 is -2.60. The second kappa shape index (κ2) is 12.8. The van der Waals surface area contributed by atoms with Crippen molar-refractivity contribution in [2.75, 3.05) is 0 Å². The van der Waals surface area contributed by atoms with Crippen LogP contribution in [-0.4, -0.2) is 3.71 Å². The molecule has 0 bridgehead atoms. The van der Waals surface area contributed by atoms with Gasteiger partial charge in [-0.25, -0.2) is 0 Å². The summed E-state index contributed by atoms with van der Waals surface area (Å²) in [5.74, 6) is 0.789. The molecule has 222 valence electrons. The zero-order valence-corrected chi connectivity index (χ0v) is 30.8. The molecule has 0 radical (unpaired) electrons. The molecule has 0 amide bonds. The average molecular weight is 683 g/mol. The van der Waals surface area contributed by atoms with Gasteiger partial charge in [0.2, 0.25) is 0 Å². The van der Waals surface area contributed by atoms with E-state index in [0.717, 1.165) is 5.56 Å². The minimum absolute atomic E-state index is 0. The van der Waals surface area contributed by atoms with E-state index in [9.17, 15) is 4.39 Å². The monoisotopic (exact) mass is 680 g/mol. The third-order valence-electron chi connectivity index (χ3n) is 8.91. The number of benzene rings is 3. The van der Waals surface area contributed by atoms with E-state index in [-0.39, 0.29) is 41.5 Å². The van der Waals surface area contributed by atoms with Crippen molar-refractivity contribution in [3.63, 3.8) is 0 Å². The Morgan fingerprint density at radius 1 is 0.762 bits per heavy atom. The van der Waals surface area contributed by atoms with Crippen molar-refractivity contribution in [3.8, 4) is 11.1 Å². The van der Waals surface area contributed by atoms with Crippen molar-refractivity contribution in [2.45, 2.75) is 83.7 Å². The molecule has 2 aliphatic carbocycles. The van der Waals surface area contributed by atoms with Gasteiger partial charge < -0.3 is 24.8 Å². The first-order valence-electron chi connectivity index (χ1n) is 14.9. The third kappa shape index (κ3) is 6.57. The van der Waals surface area contributed by atoms with E-state index in [1.807, 2.05) is 12.1 Å². The normalized spacial score (nSPS) is 16.7. The van der Waals surface area contributed by atoms with E-state index in [2.05, 4.69) is 115 Å². The van der Waals surface area contributed by atoms with Crippen LogP contribution in [0.1, 0.15) is 101 Å². The first-order chi connectivity index (χ1) is 18.7. The van der Waals surface area contributed by atoms with E-state index in [0.29, 0.717) is 15.5 Å². The summed E-state index contributed by atoms with van der Waals surface area (Å²) in [6, 6.07) is 21.8. The van der Waals surface area contributed by atoms with Gasteiger partial charge in [0, 0.05) is 0 Å². The summed E-state index contributed by atoms with van der Waals surface area (Å²) in [5, 5.41) is 0. The number of hydrogen-bond acceptors (Lipinski definition) is 0. The van der Waals surface area contributed by atoms with E-state index in [4.69, 9.17) is 0 Å². The van der Waals surface area contributed by atoms with Gasteiger partial charge in [0.15, 0.2) is 0 Å². The zero-order chi connectivity index (χ0) is 29.1. The minimum atomic E-state index is -2.60. The molecule has 0 saturated carbocycles. The fraction of sp³-hybridized carbons (Fsp3) is 0.395. The molecule has 3 aromatic rings. The summed E-state index contributed by atoms with van der Waals surface area (Å²) in [5.41, 5.74) is 13.0. The molecule has 0 N–H and O–H groups in total. The van der Waals surface area contributed by atoms with Crippen LogP contribution >= 0.6 is 0 Å². The van der Waals surface area contributed by atoms with Gasteiger partial charge in [-0.3, -0.25) is 0 Å². The predicted octanol–water partition coefficient (Wildman–Crippen LogP) is 4.47. The molecule has 1 atom stereocenters. The topological polar surface area (TPSA) is 0 Å². The third-order valence-corrected chi connectivity index (χ3v) is 17.1. The van der Waals surface area contributed by atoms with Gasteiger partial charge in [0.25, 0.3) is 0 Å². The van der Waals surface area contributed by atoms with Crippen LogP contribution < -0.4 is 24.8 Å². The summed E-state index contributed by atoms with van der Waals surface area (Å²) in [6.07, 6.45) is 2.52. The smallest absolute Gasteiger partial charge is 1.00 e. The van der Waals surface area contributed by atoms with Crippen molar-refractivity contribution in [3.05, 3.63) is 115 Å². The predicted molar refractivity (Wildman–Crippen MR) is 167 cm³/mol. The summed E-state index contributed by atoms with van der Waals surface area (Å²) in [7, 11) is 0. The van der Waals surface area contributed by atoms with E-state index in [1.54, 1.807) is 15.4 Å². The Balaban J connectivity index is 0.00000242. The maximum Gasteiger partial charge on any atom is -1.00 e. The minimum Gasteiger partial charge on any atom is -1.00 e. The molecular weight excluding hydrogens is 638 g/mol. The molecule has 0 aliphatic heterocycles. The fourth-order valence-electron chi connectivity index (χ4n) is 6.65. The van der Waals surface area contributed by atoms with Crippen LogP contribution in [0.25, 0.3) is 11.1 Å². The van der Waals surface area contributed by atoms with Gasteiger partial charge in [-0.05, 0) is 0 Å². The van der Waals surface area contributed by atoms with Gasteiger partial charge in [0.1, 0.15) is 0 Å². The molecule has 0 nitrogen and oxygen atoms in total. The average Bonchev–Trinajstić information content (AvgIpc) is 3.35. The molecule has 2 aliphatic rings. The molecule has 0 heterocycles. The maximum atomic E-state index is 13.9. The molecular formula is C38H45Cl2FZr. The number of halogens is 3. The van der Waals surface area contributed by atoms with Gasteiger partial charge >= 0.3 is 251 Å². The molecule has 3 aromatic carbocycles. The van der Waals surface area contributed by atoms with Crippen molar-refractivity contribution < 1.29 is 50.5 Å². The molecule has 1 unspecified atom stereocenters. The second-order valence-corrected chi connectivity index (χ2v) is 20.0. The summed E-state index contributed by atoms with van der Waals surface area (Å²) in [4.78, 5) is 0. The Bertz CT molecular complexity index is 1500. The van der Waals surface area contributed by atoms with Gasteiger partial charge in [-0.2, -0.15) is 0 Å². The van der Waals surface area contributed by atoms with Gasteiger partial charge in [-0.1, -0.05) is 0 Å². The Morgan fingerprint density at radius 3 is 1.64 bits per heavy atom. The van der Waals surface area contributed by atoms with Gasteiger partial charge in [0.05, 0.1) is 0 Å². The van der Waals surface area contributed by atoms with Crippen LogP contribution in [0.2, 0.25) is 0 Å². The number of fused-ring (bicyclic) bond motifs is 3. The first-order valence-corrected chi connectivity index (χ1v) is 18.9. The molecule has 42 heavy (non-hydrogen) atoms. The zero-order valence-electron chi connectivity index (χ0n) is 26.8. The Labute approximate surface area is 273 Å². The Kier molecular flexibility index (Phi) is 10.6. The van der Waals surface area contributed by atoms with Crippen molar-refractivity contribution >= 4 is 3.71 Å². The van der Waals surface area contributed by atoms with Crippen molar-refractivity contribution in [1.29, 1.82) is 0 Å². The summed E-state index contributed by atoms with van der Waals surface area (Å²) in [6.45, 7) is 23.3. The second-order valence-electron chi connectivity index (χ2n) is 14.3. The number of allylic oxidation sites excluding steroid dienone is 4. The maximum absolute atomic E-state index is 13.9. The van der Waals surface area contributed by atoms with Crippen LogP contribution in [0, 0.1) is 17.7 Å².